The van der Waals surface area contributed by atoms with Crippen molar-refractivity contribution in [2.24, 2.45) is 5.92 Å². The van der Waals surface area contributed by atoms with E-state index < -0.39 is 15.8 Å². The molecule has 0 bridgehead atoms. The minimum Gasteiger partial charge on any atom is -0.338 e. The normalized spacial score (nSPS) is 21.5. The third kappa shape index (κ3) is 4.61. The first kappa shape index (κ1) is 21.6. The lowest BCUT2D eigenvalue weighted by molar-refractivity contribution is -0.134. The molecule has 3 amide bonds. The van der Waals surface area contributed by atoms with Gasteiger partial charge in [-0.05, 0) is 47.7 Å². The Balaban J connectivity index is 1.16. The Bertz CT molecular complexity index is 1200. The molecule has 5 heterocycles. The monoisotopic (exact) mass is 467 g/mol. The van der Waals surface area contributed by atoms with Crippen LogP contribution in [-0.4, -0.2) is 64.7 Å². The van der Waals surface area contributed by atoms with Gasteiger partial charge >= 0.3 is 6.03 Å². The van der Waals surface area contributed by atoms with Crippen molar-refractivity contribution in [2.75, 3.05) is 29.9 Å². The number of fused-ring (bicyclic) bond motifs is 1. The maximum absolute atomic E-state index is 12.6. The fourth-order valence-corrected chi connectivity index (χ4v) is 6.31. The van der Waals surface area contributed by atoms with E-state index in [1.165, 1.54) is 0 Å². The average Bonchev–Trinajstić information content (AvgIpc) is 3.42. The first-order valence-electron chi connectivity index (χ1n) is 11.0. The van der Waals surface area contributed by atoms with E-state index in [1.807, 2.05) is 24.3 Å². The number of aromatic nitrogens is 2. The smallest absolute Gasteiger partial charge is 0.322 e. The van der Waals surface area contributed by atoms with Gasteiger partial charge in [0.1, 0.15) is 0 Å². The molecule has 0 aliphatic carbocycles. The Morgan fingerprint density at radius 3 is 2.58 bits per heavy atom. The molecule has 1 N–H and O–H groups in total. The van der Waals surface area contributed by atoms with Gasteiger partial charge in [-0.25, -0.2) is 13.2 Å². The summed E-state index contributed by atoms with van der Waals surface area (Å²) in [6, 6.07) is 5.44. The summed E-state index contributed by atoms with van der Waals surface area (Å²) >= 11 is 0. The van der Waals surface area contributed by atoms with E-state index in [-0.39, 0.29) is 23.4 Å². The number of amides is 3. The molecule has 0 saturated carbocycles. The molecular formula is C23H25N5O4S. The highest BCUT2D eigenvalue weighted by atomic mass is 32.2. The molecule has 2 aromatic heterocycles. The molecule has 10 heteroatoms. The Kier molecular flexibility index (Phi) is 5.61. The van der Waals surface area contributed by atoms with Crippen molar-refractivity contribution in [3.63, 3.8) is 0 Å². The highest BCUT2D eigenvalue weighted by Crippen LogP contribution is 2.26. The van der Waals surface area contributed by atoms with E-state index in [9.17, 15) is 18.0 Å². The summed E-state index contributed by atoms with van der Waals surface area (Å²) in [5, 5.41) is 2.89. The third-order valence-corrected chi connectivity index (χ3v) is 8.23. The summed E-state index contributed by atoms with van der Waals surface area (Å²) < 4.78 is 23.3. The number of pyridine rings is 2. The van der Waals surface area contributed by atoms with E-state index in [2.05, 4.69) is 15.3 Å². The van der Waals surface area contributed by atoms with Gasteiger partial charge in [0, 0.05) is 38.6 Å². The molecule has 1 atom stereocenters. The van der Waals surface area contributed by atoms with Crippen LogP contribution in [0, 0.1) is 5.92 Å². The maximum Gasteiger partial charge on any atom is 0.322 e. The summed E-state index contributed by atoms with van der Waals surface area (Å²) in [4.78, 5) is 37.3. The summed E-state index contributed by atoms with van der Waals surface area (Å²) in [7, 11) is -3.07. The molecule has 2 aromatic rings. The van der Waals surface area contributed by atoms with Gasteiger partial charge in [-0.2, -0.15) is 0 Å². The van der Waals surface area contributed by atoms with Crippen LogP contribution in [0.4, 0.5) is 10.5 Å². The molecule has 0 radical (unpaired) electrons. The van der Waals surface area contributed by atoms with Crippen LogP contribution < -0.4 is 5.32 Å². The number of urea groups is 1. The highest BCUT2D eigenvalue weighted by Gasteiger charge is 2.35. The van der Waals surface area contributed by atoms with Crippen LogP contribution in [0.5, 0.6) is 0 Å². The van der Waals surface area contributed by atoms with Gasteiger partial charge in [-0.1, -0.05) is 6.08 Å². The molecule has 3 aliphatic heterocycles. The fraction of sp³-hybridized carbons (Fsp3) is 0.391. The van der Waals surface area contributed by atoms with E-state index in [4.69, 9.17) is 0 Å². The molecular weight excluding hydrogens is 442 g/mol. The van der Waals surface area contributed by atoms with Crippen molar-refractivity contribution in [2.45, 2.75) is 25.9 Å². The van der Waals surface area contributed by atoms with Gasteiger partial charge in [-0.15, -0.1) is 0 Å². The fourth-order valence-electron chi connectivity index (χ4n) is 4.57. The lowest BCUT2D eigenvalue weighted by Crippen LogP contribution is -2.39. The predicted molar refractivity (Wildman–Crippen MR) is 123 cm³/mol. The zero-order valence-corrected chi connectivity index (χ0v) is 18.9. The second-order valence-corrected chi connectivity index (χ2v) is 11.0. The van der Waals surface area contributed by atoms with Crippen molar-refractivity contribution in [1.82, 2.24) is 19.8 Å². The number of sulfone groups is 1. The van der Waals surface area contributed by atoms with Crippen LogP contribution in [0.1, 0.15) is 29.7 Å². The molecule has 1 unspecified atom stereocenters. The highest BCUT2D eigenvalue weighted by molar-refractivity contribution is 7.91. The van der Waals surface area contributed by atoms with Gasteiger partial charge < -0.3 is 15.1 Å². The van der Waals surface area contributed by atoms with Gasteiger partial charge in [0.2, 0.25) is 5.91 Å². The third-order valence-electron chi connectivity index (χ3n) is 6.46. The summed E-state index contributed by atoms with van der Waals surface area (Å²) in [6.45, 7) is 2.10. The molecule has 33 heavy (non-hydrogen) atoms. The number of nitrogens with zero attached hydrogens (tertiary/aromatic N) is 4. The van der Waals surface area contributed by atoms with E-state index in [1.54, 1.807) is 28.4 Å². The van der Waals surface area contributed by atoms with Gasteiger partial charge in [0.15, 0.2) is 9.84 Å². The minimum atomic E-state index is -3.07. The van der Waals surface area contributed by atoms with Crippen molar-refractivity contribution in [3.8, 4) is 0 Å². The van der Waals surface area contributed by atoms with Crippen molar-refractivity contribution in [3.05, 3.63) is 59.7 Å². The van der Waals surface area contributed by atoms with Crippen LogP contribution in [0.25, 0.3) is 5.57 Å². The predicted octanol–water partition coefficient (Wildman–Crippen LogP) is 2.07. The first-order valence-corrected chi connectivity index (χ1v) is 12.8. The maximum atomic E-state index is 12.6. The molecule has 172 valence electrons. The number of anilines is 1. The van der Waals surface area contributed by atoms with E-state index in [0.717, 1.165) is 22.4 Å². The second-order valence-electron chi connectivity index (χ2n) is 8.73. The van der Waals surface area contributed by atoms with Crippen LogP contribution in [0.15, 0.2) is 42.9 Å². The Labute approximate surface area is 192 Å². The Morgan fingerprint density at radius 2 is 1.91 bits per heavy atom. The summed E-state index contributed by atoms with van der Waals surface area (Å²) in [5.41, 5.74) is 4.64. The van der Waals surface area contributed by atoms with E-state index >= 15 is 0 Å². The summed E-state index contributed by atoms with van der Waals surface area (Å²) in [6.07, 6.45) is 8.21. The van der Waals surface area contributed by atoms with Gasteiger partial charge in [0.05, 0.1) is 35.0 Å². The second kappa shape index (κ2) is 8.58. The number of carbonyl (C=O) groups excluding carboxylic acids is 2. The van der Waals surface area contributed by atoms with Crippen molar-refractivity contribution < 1.29 is 18.0 Å². The van der Waals surface area contributed by atoms with Crippen LogP contribution in [0.2, 0.25) is 0 Å². The molecule has 9 nitrogen and oxygen atoms in total. The number of nitrogens with one attached hydrogen (secondary N) is 1. The average molecular weight is 468 g/mol. The zero-order chi connectivity index (χ0) is 23.0. The summed E-state index contributed by atoms with van der Waals surface area (Å²) in [5.74, 6) is -0.413. The number of carbonyl (C=O) groups is 2. The Morgan fingerprint density at radius 1 is 1.06 bits per heavy atom. The molecule has 0 spiro atoms. The van der Waals surface area contributed by atoms with Crippen molar-refractivity contribution >= 4 is 33.0 Å². The van der Waals surface area contributed by atoms with Crippen molar-refractivity contribution in [1.29, 1.82) is 0 Å². The molecule has 1 fully saturated rings. The molecule has 1 saturated heterocycles. The van der Waals surface area contributed by atoms with Gasteiger partial charge in [-0.3, -0.25) is 14.8 Å². The minimum absolute atomic E-state index is 0.0337. The molecule has 5 rings (SSSR count). The number of rotatable bonds is 3. The number of hydrogen-bond donors (Lipinski definition) is 1. The quantitative estimate of drug-likeness (QED) is 0.740. The lowest BCUT2D eigenvalue weighted by atomic mass is 10.0. The molecule has 3 aliphatic rings. The number of hydrogen-bond acceptors (Lipinski definition) is 6. The van der Waals surface area contributed by atoms with E-state index in [0.29, 0.717) is 44.7 Å². The zero-order valence-electron chi connectivity index (χ0n) is 18.1. The topological polar surface area (TPSA) is 113 Å². The molecule has 0 aromatic carbocycles. The standard InChI is InChI=1S/C23H25N5O4S/c29-22(18-6-10-33(31,32)15-18)27-8-4-16(5-9-27)21-2-1-20(12-25-21)26-23(30)28-13-17-3-7-24-11-19(17)14-28/h1-4,7,11-12,18H,5-6,8-10,13-15H2,(H,26,30). The first-order chi connectivity index (χ1) is 15.9. The largest absolute Gasteiger partial charge is 0.338 e. The SMILES string of the molecule is O=C(Nc1ccc(C2=CCN(C(=O)C3CCS(=O)(=O)C3)CC2)nc1)N1Cc2ccncc2C1. The van der Waals surface area contributed by atoms with Crippen LogP contribution in [-0.2, 0) is 27.7 Å². The van der Waals surface area contributed by atoms with Crippen LogP contribution >= 0.6 is 0 Å². The lowest BCUT2D eigenvalue weighted by Gasteiger charge is -2.28. The van der Waals surface area contributed by atoms with Gasteiger partial charge in [0.25, 0.3) is 0 Å². The Hall–Kier alpha value is -3.27. The van der Waals surface area contributed by atoms with Crippen LogP contribution in [0.3, 0.4) is 0 Å².